The Bertz CT molecular complexity index is 1280. The molecule has 0 spiro atoms. The van der Waals surface area contributed by atoms with Crippen molar-refractivity contribution in [1.29, 1.82) is 0 Å². The number of amides is 2. The quantitative estimate of drug-likeness (QED) is 0.210. The summed E-state index contributed by atoms with van der Waals surface area (Å²) >= 11 is 11.2. The van der Waals surface area contributed by atoms with E-state index in [0.29, 0.717) is 45.7 Å². The molecule has 0 N–H and O–H groups in total. The molecule has 2 amide bonds. The van der Waals surface area contributed by atoms with Crippen molar-refractivity contribution in [3.8, 4) is 20.9 Å². The summed E-state index contributed by atoms with van der Waals surface area (Å²) in [6, 6.07) is 7.82. The first-order valence-electron chi connectivity index (χ1n) is 10.1. The maximum absolute atomic E-state index is 13.7. The minimum absolute atomic E-state index is 0.236. The molecule has 32 heavy (non-hydrogen) atoms. The molecule has 4 heterocycles. The molecule has 0 bridgehead atoms. The fourth-order valence-corrected chi connectivity index (χ4v) is 7.47. The van der Waals surface area contributed by atoms with Crippen LogP contribution in [-0.2, 0) is 0 Å². The number of thiophene rings is 2. The fourth-order valence-electron chi connectivity index (χ4n) is 4.03. The smallest absolute Gasteiger partial charge is 0.262 e. The monoisotopic (exact) mass is 609 g/mol. The van der Waals surface area contributed by atoms with Crippen molar-refractivity contribution in [3.63, 3.8) is 0 Å². The highest BCUT2D eigenvalue weighted by molar-refractivity contribution is 9.11. The number of hydrogen-bond donors (Lipinski definition) is 0. The van der Waals surface area contributed by atoms with Crippen LogP contribution in [0.1, 0.15) is 47.4 Å². The third-order valence-electron chi connectivity index (χ3n) is 5.43. The number of carbonyl (C=O) groups is 2. The third kappa shape index (κ3) is 3.69. The summed E-state index contributed by atoms with van der Waals surface area (Å²) in [6.07, 6.45) is 1.74. The van der Waals surface area contributed by atoms with E-state index in [1.807, 2.05) is 24.3 Å². The largest absolute Gasteiger partial charge is 0.274 e. The second kappa shape index (κ2) is 8.72. The Morgan fingerprint density at radius 2 is 1.34 bits per heavy atom. The number of hydrogen-bond acceptors (Lipinski definition) is 7. The van der Waals surface area contributed by atoms with Gasteiger partial charge in [0.05, 0.1) is 30.4 Å². The molecule has 164 valence electrons. The second-order valence-corrected chi connectivity index (χ2v) is 13.4. The van der Waals surface area contributed by atoms with Gasteiger partial charge in [-0.3, -0.25) is 14.5 Å². The Kier molecular flexibility index (Phi) is 6.08. The number of aromatic nitrogens is 2. The lowest BCUT2D eigenvalue weighted by molar-refractivity contribution is 0.0650. The molecule has 1 aromatic carbocycles. The lowest BCUT2D eigenvalue weighted by Gasteiger charge is -2.14. The van der Waals surface area contributed by atoms with Gasteiger partial charge in [0.2, 0.25) is 0 Å². The van der Waals surface area contributed by atoms with Crippen molar-refractivity contribution in [1.82, 2.24) is 13.6 Å². The average molecular weight is 611 g/mol. The lowest BCUT2D eigenvalue weighted by atomic mass is 9.93. The van der Waals surface area contributed by atoms with Gasteiger partial charge >= 0.3 is 0 Å². The number of rotatable bonds is 6. The topological polar surface area (TPSA) is 63.2 Å². The summed E-state index contributed by atoms with van der Waals surface area (Å²) < 4.78 is 11.1. The highest BCUT2D eigenvalue weighted by Crippen LogP contribution is 2.48. The molecule has 0 fully saturated rings. The highest BCUT2D eigenvalue weighted by Gasteiger charge is 2.42. The van der Waals surface area contributed by atoms with Crippen LogP contribution in [-0.4, -0.2) is 32.0 Å². The molecule has 3 aromatic heterocycles. The van der Waals surface area contributed by atoms with E-state index in [1.165, 1.54) is 27.6 Å². The molecule has 4 aromatic rings. The molecule has 1 aliphatic rings. The van der Waals surface area contributed by atoms with Crippen molar-refractivity contribution in [2.75, 3.05) is 6.54 Å². The van der Waals surface area contributed by atoms with Crippen LogP contribution in [0.15, 0.2) is 31.8 Å². The molecule has 0 radical (unpaired) electrons. The van der Waals surface area contributed by atoms with E-state index < -0.39 is 0 Å². The van der Waals surface area contributed by atoms with E-state index in [2.05, 4.69) is 54.5 Å². The molecular formula is C22H17Br2N3O2S3. The van der Waals surface area contributed by atoms with E-state index >= 15 is 0 Å². The Balaban J connectivity index is 1.78. The van der Waals surface area contributed by atoms with Gasteiger partial charge < -0.3 is 0 Å². The number of benzene rings is 1. The van der Waals surface area contributed by atoms with E-state index in [4.69, 9.17) is 0 Å². The van der Waals surface area contributed by atoms with Gasteiger partial charge in [-0.1, -0.05) is 13.8 Å². The summed E-state index contributed by atoms with van der Waals surface area (Å²) in [5.41, 5.74) is 3.68. The number of nitrogens with zero attached hydrogens (tertiary/aromatic N) is 3. The van der Waals surface area contributed by atoms with Crippen LogP contribution in [0.5, 0.6) is 0 Å². The molecule has 1 aliphatic heterocycles. The molecule has 0 saturated carbocycles. The predicted octanol–water partition coefficient (Wildman–Crippen LogP) is 7.71. The zero-order chi connectivity index (χ0) is 22.6. The van der Waals surface area contributed by atoms with E-state index in [0.717, 1.165) is 41.9 Å². The van der Waals surface area contributed by atoms with Crippen LogP contribution in [0.25, 0.3) is 31.9 Å². The van der Waals surface area contributed by atoms with Gasteiger partial charge in [0.15, 0.2) is 0 Å². The first kappa shape index (κ1) is 22.3. The van der Waals surface area contributed by atoms with Crippen LogP contribution < -0.4 is 0 Å². The predicted molar refractivity (Wildman–Crippen MR) is 139 cm³/mol. The first-order valence-corrected chi connectivity index (χ1v) is 14.0. The van der Waals surface area contributed by atoms with Gasteiger partial charge in [-0.05, 0) is 74.9 Å². The summed E-state index contributed by atoms with van der Waals surface area (Å²) in [5.74, 6) is 0.0433. The summed E-state index contributed by atoms with van der Waals surface area (Å²) in [4.78, 5) is 30.6. The number of fused-ring (bicyclic) bond motifs is 2. The molecule has 10 heteroatoms. The highest BCUT2D eigenvalue weighted by atomic mass is 79.9. The molecule has 0 atom stereocenters. The molecule has 5 nitrogen and oxygen atoms in total. The van der Waals surface area contributed by atoms with Gasteiger partial charge in [-0.15, -0.1) is 22.7 Å². The Morgan fingerprint density at radius 3 is 1.75 bits per heavy atom. The van der Waals surface area contributed by atoms with E-state index in [9.17, 15) is 9.59 Å². The Labute approximate surface area is 214 Å². The van der Waals surface area contributed by atoms with Crippen molar-refractivity contribution >= 4 is 89.1 Å². The molecular weight excluding hydrogens is 594 g/mol. The number of halogens is 2. The SMILES string of the molecule is CC(C)CCCN1C(=O)c2c(c(-c3ccc(Br)s3)c3nsnc3c2-c2ccc(Br)s2)C1=O. The van der Waals surface area contributed by atoms with Crippen LogP contribution >= 0.6 is 66.3 Å². The van der Waals surface area contributed by atoms with Gasteiger partial charge in [0.25, 0.3) is 11.8 Å². The van der Waals surface area contributed by atoms with Crippen molar-refractivity contribution < 1.29 is 9.59 Å². The number of imide groups is 1. The van der Waals surface area contributed by atoms with Crippen molar-refractivity contribution in [2.45, 2.75) is 26.7 Å². The first-order chi connectivity index (χ1) is 15.4. The second-order valence-electron chi connectivity index (χ2n) is 7.97. The van der Waals surface area contributed by atoms with Gasteiger partial charge in [0.1, 0.15) is 11.0 Å². The van der Waals surface area contributed by atoms with E-state index in [1.54, 1.807) is 0 Å². The normalized spacial score (nSPS) is 13.7. The van der Waals surface area contributed by atoms with Crippen LogP contribution in [0.2, 0.25) is 0 Å². The Morgan fingerprint density at radius 1 is 0.844 bits per heavy atom. The van der Waals surface area contributed by atoms with Crippen LogP contribution in [0.4, 0.5) is 0 Å². The van der Waals surface area contributed by atoms with Crippen molar-refractivity contribution in [3.05, 3.63) is 43.0 Å². The molecule has 0 saturated heterocycles. The minimum Gasteiger partial charge on any atom is -0.274 e. The zero-order valence-electron chi connectivity index (χ0n) is 17.1. The Hall–Kier alpha value is -1.46. The van der Waals surface area contributed by atoms with Gasteiger partial charge in [-0.25, -0.2) is 0 Å². The third-order valence-corrected chi connectivity index (χ3v) is 9.24. The van der Waals surface area contributed by atoms with Gasteiger partial charge in [-0.2, -0.15) is 8.75 Å². The van der Waals surface area contributed by atoms with Crippen LogP contribution in [0, 0.1) is 5.92 Å². The van der Waals surface area contributed by atoms with E-state index in [-0.39, 0.29) is 11.8 Å². The summed E-state index contributed by atoms with van der Waals surface area (Å²) in [6.45, 7) is 4.71. The zero-order valence-corrected chi connectivity index (χ0v) is 22.8. The lowest BCUT2D eigenvalue weighted by Crippen LogP contribution is -2.31. The average Bonchev–Trinajstić information content (AvgIpc) is 3.52. The maximum atomic E-state index is 13.7. The minimum atomic E-state index is -0.236. The fraction of sp³-hybridized carbons (Fsp3) is 0.273. The summed E-state index contributed by atoms with van der Waals surface area (Å²) in [7, 11) is 0. The summed E-state index contributed by atoms with van der Waals surface area (Å²) in [5, 5.41) is 0. The maximum Gasteiger partial charge on any atom is 0.262 e. The van der Waals surface area contributed by atoms with Crippen LogP contribution in [0.3, 0.4) is 0 Å². The standard InChI is InChI=1S/C22H17Br2N3O2S3/c1-10(2)4-3-9-27-21(28)17-15(11-5-7-13(23)30-11)19-20(26-32-25-19)16(18(17)22(27)29)12-6-8-14(24)31-12/h5-8,10H,3-4,9H2,1-2H3. The molecule has 5 rings (SSSR count). The van der Waals surface area contributed by atoms with Gasteiger partial charge in [0, 0.05) is 27.4 Å². The van der Waals surface area contributed by atoms with Crippen molar-refractivity contribution in [2.24, 2.45) is 5.92 Å². The molecule has 0 aliphatic carbocycles. The number of carbonyl (C=O) groups excluding carboxylic acids is 2. The molecule has 0 unspecified atom stereocenters.